The molecule has 0 aliphatic heterocycles. The van der Waals surface area contributed by atoms with Gasteiger partial charge in [0.2, 0.25) is 15.9 Å². The molecule has 0 saturated carbocycles. The van der Waals surface area contributed by atoms with E-state index < -0.39 is 16.1 Å². The molecule has 1 amide bonds. The number of benzene rings is 2. The fraction of sp³-hybridized carbons (Fsp3) is 0.350. The van der Waals surface area contributed by atoms with E-state index in [0.29, 0.717) is 23.7 Å². The number of aryl methyl sites for hydroxylation is 1. The van der Waals surface area contributed by atoms with Crippen molar-refractivity contribution >= 4 is 33.2 Å². The number of rotatable bonds is 7. The molecule has 0 aliphatic rings. The van der Waals surface area contributed by atoms with Crippen LogP contribution in [0.3, 0.4) is 0 Å². The van der Waals surface area contributed by atoms with E-state index in [4.69, 9.17) is 11.6 Å². The number of sulfonamides is 1. The van der Waals surface area contributed by atoms with Gasteiger partial charge in [-0.3, -0.25) is 9.10 Å². The molecule has 0 aliphatic carbocycles. The van der Waals surface area contributed by atoms with E-state index in [1.807, 2.05) is 31.2 Å². The van der Waals surface area contributed by atoms with Crippen LogP contribution in [-0.2, 0) is 21.4 Å². The summed E-state index contributed by atoms with van der Waals surface area (Å²) in [6.07, 6.45) is 1.46. The van der Waals surface area contributed by atoms with Gasteiger partial charge in [-0.1, -0.05) is 48.4 Å². The molecule has 2 rings (SSSR count). The number of carbonyl (C=O) groups is 1. The Bertz CT molecular complexity index is 880. The Morgan fingerprint density at radius 1 is 1.07 bits per heavy atom. The summed E-state index contributed by atoms with van der Waals surface area (Å²) < 4.78 is 26.1. The van der Waals surface area contributed by atoms with Gasteiger partial charge in [-0.15, -0.1) is 0 Å². The lowest BCUT2D eigenvalue weighted by atomic mass is 10.1. The van der Waals surface area contributed by atoms with Crippen molar-refractivity contribution < 1.29 is 13.2 Å². The van der Waals surface area contributed by atoms with Crippen LogP contribution in [-0.4, -0.2) is 38.6 Å². The highest BCUT2D eigenvalue weighted by atomic mass is 35.5. The molecule has 0 bridgehead atoms. The van der Waals surface area contributed by atoms with E-state index in [0.717, 1.165) is 17.4 Å². The molecule has 0 heterocycles. The number of hydrogen-bond acceptors (Lipinski definition) is 3. The molecular formula is C20H25ClN2O3S. The SMILES string of the molecule is CCC(C(=O)N(C)Cc1ccc(C)cc1)N(c1ccc(Cl)cc1)S(C)(=O)=O. The minimum Gasteiger partial charge on any atom is -0.340 e. The smallest absolute Gasteiger partial charge is 0.246 e. The summed E-state index contributed by atoms with van der Waals surface area (Å²) in [4.78, 5) is 14.6. The molecule has 5 nitrogen and oxygen atoms in total. The zero-order chi connectivity index (χ0) is 20.2. The van der Waals surface area contributed by atoms with Crippen LogP contribution < -0.4 is 4.31 Å². The maximum Gasteiger partial charge on any atom is 0.246 e. The third kappa shape index (κ3) is 5.47. The van der Waals surface area contributed by atoms with Crippen LogP contribution in [0.25, 0.3) is 0 Å². The Morgan fingerprint density at radius 3 is 2.11 bits per heavy atom. The van der Waals surface area contributed by atoms with E-state index >= 15 is 0 Å². The third-order valence-corrected chi connectivity index (χ3v) is 5.74. The number of amides is 1. The summed E-state index contributed by atoms with van der Waals surface area (Å²) in [7, 11) is -1.97. The Kier molecular flexibility index (Phi) is 6.89. The van der Waals surface area contributed by atoms with Crippen LogP contribution in [0.15, 0.2) is 48.5 Å². The summed E-state index contributed by atoms with van der Waals surface area (Å²) >= 11 is 5.92. The first-order valence-corrected chi connectivity index (χ1v) is 10.9. The average Bonchev–Trinajstić information content (AvgIpc) is 2.61. The van der Waals surface area contributed by atoms with Crippen molar-refractivity contribution in [2.24, 2.45) is 0 Å². The van der Waals surface area contributed by atoms with Gasteiger partial charge >= 0.3 is 0 Å². The average molecular weight is 409 g/mol. The molecule has 0 radical (unpaired) electrons. The number of halogens is 1. The first-order chi connectivity index (χ1) is 12.6. The quantitative estimate of drug-likeness (QED) is 0.699. The lowest BCUT2D eigenvalue weighted by molar-refractivity contribution is -0.131. The third-order valence-electron chi connectivity index (χ3n) is 4.31. The molecule has 0 N–H and O–H groups in total. The van der Waals surface area contributed by atoms with Crippen LogP contribution in [0.4, 0.5) is 5.69 Å². The maximum atomic E-state index is 13.1. The Hall–Kier alpha value is -2.05. The van der Waals surface area contributed by atoms with Crippen molar-refractivity contribution in [1.82, 2.24) is 4.90 Å². The van der Waals surface area contributed by atoms with Gasteiger partial charge in [0.05, 0.1) is 11.9 Å². The van der Waals surface area contributed by atoms with Crippen molar-refractivity contribution in [2.45, 2.75) is 32.9 Å². The lowest BCUT2D eigenvalue weighted by Crippen LogP contribution is -2.49. The van der Waals surface area contributed by atoms with E-state index in [-0.39, 0.29) is 5.91 Å². The largest absolute Gasteiger partial charge is 0.340 e. The van der Waals surface area contributed by atoms with E-state index in [2.05, 4.69) is 0 Å². The summed E-state index contributed by atoms with van der Waals surface area (Å²) in [5.74, 6) is -0.251. The molecule has 0 spiro atoms. The molecule has 1 atom stereocenters. The number of hydrogen-bond donors (Lipinski definition) is 0. The first-order valence-electron chi connectivity index (χ1n) is 8.69. The molecule has 0 aromatic heterocycles. The summed E-state index contributed by atoms with van der Waals surface area (Å²) in [6.45, 7) is 4.21. The fourth-order valence-corrected chi connectivity index (χ4v) is 4.26. The highest BCUT2D eigenvalue weighted by molar-refractivity contribution is 7.92. The number of anilines is 1. The van der Waals surface area contributed by atoms with Gasteiger partial charge in [-0.2, -0.15) is 0 Å². The van der Waals surface area contributed by atoms with Crippen LogP contribution >= 0.6 is 11.6 Å². The second-order valence-electron chi connectivity index (χ2n) is 6.64. The van der Waals surface area contributed by atoms with Gasteiger partial charge in [0.25, 0.3) is 0 Å². The van der Waals surface area contributed by atoms with Gasteiger partial charge in [0, 0.05) is 18.6 Å². The van der Waals surface area contributed by atoms with Crippen molar-refractivity contribution in [2.75, 3.05) is 17.6 Å². The van der Waals surface area contributed by atoms with Crippen molar-refractivity contribution in [3.63, 3.8) is 0 Å². The topological polar surface area (TPSA) is 57.7 Å². The van der Waals surface area contributed by atoms with Crippen LogP contribution in [0.5, 0.6) is 0 Å². The van der Waals surface area contributed by atoms with Gasteiger partial charge in [0.1, 0.15) is 6.04 Å². The molecular weight excluding hydrogens is 384 g/mol. The highest BCUT2D eigenvalue weighted by Gasteiger charge is 2.33. The molecule has 2 aromatic carbocycles. The Labute approximate surface area is 166 Å². The zero-order valence-electron chi connectivity index (χ0n) is 16.0. The Balaban J connectivity index is 2.30. The zero-order valence-corrected chi connectivity index (χ0v) is 17.6. The van der Waals surface area contributed by atoms with Gasteiger partial charge in [0.15, 0.2) is 0 Å². The summed E-state index contributed by atoms with van der Waals surface area (Å²) in [5, 5.41) is 0.503. The van der Waals surface area contributed by atoms with Gasteiger partial charge in [-0.05, 0) is 43.2 Å². The second kappa shape index (κ2) is 8.76. The van der Waals surface area contributed by atoms with Gasteiger partial charge in [-0.25, -0.2) is 8.42 Å². The molecule has 7 heteroatoms. The fourth-order valence-electron chi connectivity index (χ4n) is 2.93. The molecule has 146 valence electrons. The maximum absolute atomic E-state index is 13.1. The minimum absolute atomic E-state index is 0.251. The van der Waals surface area contributed by atoms with Crippen molar-refractivity contribution in [1.29, 1.82) is 0 Å². The predicted molar refractivity (Wildman–Crippen MR) is 111 cm³/mol. The van der Waals surface area contributed by atoms with Crippen LogP contribution in [0.1, 0.15) is 24.5 Å². The van der Waals surface area contributed by atoms with Crippen molar-refractivity contribution in [3.05, 3.63) is 64.7 Å². The van der Waals surface area contributed by atoms with E-state index in [9.17, 15) is 13.2 Å². The second-order valence-corrected chi connectivity index (χ2v) is 8.94. The monoisotopic (exact) mass is 408 g/mol. The summed E-state index contributed by atoms with van der Waals surface area (Å²) in [5.41, 5.74) is 2.56. The first kappa shape index (κ1) is 21.3. The van der Waals surface area contributed by atoms with E-state index in [1.165, 1.54) is 4.31 Å². The molecule has 0 fully saturated rings. The standard InChI is InChI=1S/C20H25ClN2O3S/c1-5-19(20(24)22(3)14-16-8-6-15(2)7-9-16)23(27(4,25)26)18-12-10-17(21)11-13-18/h6-13,19H,5,14H2,1-4H3. The number of carbonyl (C=O) groups excluding carboxylic acids is 1. The van der Waals surface area contributed by atoms with Crippen molar-refractivity contribution in [3.8, 4) is 0 Å². The van der Waals surface area contributed by atoms with E-state index in [1.54, 1.807) is 43.1 Å². The molecule has 1 unspecified atom stereocenters. The van der Waals surface area contributed by atoms with Crippen LogP contribution in [0, 0.1) is 6.92 Å². The molecule has 2 aromatic rings. The Morgan fingerprint density at radius 2 is 1.63 bits per heavy atom. The predicted octanol–water partition coefficient (Wildman–Crippen LogP) is 3.85. The summed E-state index contributed by atoms with van der Waals surface area (Å²) in [6, 6.07) is 13.5. The highest BCUT2D eigenvalue weighted by Crippen LogP contribution is 2.25. The normalized spacial score (nSPS) is 12.5. The molecule has 0 saturated heterocycles. The van der Waals surface area contributed by atoms with Gasteiger partial charge < -0.3 is 4.90 Å². The number of likely N-dealkylation sites (N-methyl/N-ethyl adjacent to an activating group) is 1. The van der Waals surface area contributed by atoms with Crippen LogP contribution in [0.2, 0.25) is 5.02 Å². The molecule has 27 heavy (non-hydrogen) atoms. The lowest BCUT2D eigenvalue weighted by Gasteiger charge is -2.33. The number of nitrogens with zero attached hydrogens (tertiary/aromatic N) is 2. The minimum atomic E-state index is -3.66.